The van der Waals surface area contributed by atoms with Gasteiger partial charge in [0.15, 0.2) is 9.84 Å². The number of benzene rings is 2. The second-order valence-corrected chi connectivity index (χ2v) is 9.21. The lowest BCUT2D eigenvalue weighted by Crippen LogP contribution is -2.43. The molecule has 1 N–H and O–H groups in total. The molecule has 3 rings (SSSR count). The Bertz CT molecular complexity index is 932. The third-order valence-electron chi connectivity index (χ3n) is 5.10. The van der Waals surface area contributed by atoms with Crippen LogP contribution in [-0.4, -0.2) is 43.6 Å². The maximum absolute atomic E-state index is 11.7. The Kier molecular flexibility index (Phi) is 6.31. The van der Waals surface area contributed by atoms with Crippen LogP contribution in [0.1, 0.15) is 24.8 Å². The first-order valence-corrected chi connectivity index (χ1v) is 11.2. The second-order valence-electron chi connectivity index (χ2n) is 7.19. The molecular formula is C20H25N3O4S. The lowest BCUT2D eigenvalue weighted by molar-refractivity contribution is -0.384. The molecule has 2 aromatic carbocycles. The van der Waals surface area contributed by atoms with Crippen molar-refractivity contribution in [2.24, 2.45) is 0 Å². The second kappa shape index (κ2) is 8.70. The molecule has 0 amide bonds. The van der Waals surface area contributed by atoms with Gasteiger partial charge in [0.1, 0.15) is 5.69 Å². The van der Waals surface area contributed by atoms with E-state index in [1.165, 1.54) is 17.7 Å². The minimum Gasteiger partial charge on any atom is -0.378 e. The van der Waals surface area contributed by atoms with Gasteiger partial charge in [-0.05, 0) is 37.1 Å². The molecule has 2 aromatic rings. The highest BCUT2D eigenvalue weighted by Gasteiger charge is 2.24. The number of hydrogen-bond acceptors (Lipinski definition) is 6. The molecular weight excluding hydrogens is 378 g/mol. The zero-order chi connectivity index (χ0) is 20.1. The highest BCUT2D eigenvalue weighted by Crippen LogP contribution is 2.28. The number of piperidine rings is 1. The van der Waals surface area contributed by atoms with Gasteiger partial charge >= 0.3 is 0 Å². The molecule has 0 spiro atoms. The van der Waals surface area contributed by atoms with Crippen LogP contribution in [0.4, 0.5) is 11.4 Å². The molecule has 0 bridgehead atoms. The van der Waals surface area contributed by atoms with Gasteiger partial charge < -0.3 is 5.32 Å². The van der Waals surface area contributed by atoms with Crippen molar-refractivity contribution in [2.45, 2.75) is 36.7 Å². The maximum atomic E-state index is 11.7. The summed E-state index contributed by atoms with van der Waals surface area (Å²) < 4.78 is 23.4. The SMILES string of the molecule is CS(=O)(=O)c1ccc(NCC2CCCCN2Cc2ccccc2)c([N+](=O)[O-])c1. The molecule has 1 unspecified atom stereocenters. The van der Waals surface area contributed by atoms with Gasteiger partial charge in [0.05, 0.1) is 9.82 Å². The molecule has 0 aliphatic carbocycles. The van der Waals surface area contributed by atoms with E-state index in [0.29, 0.717) is 12.2 Å². The quantitative estimate of drug-likeness (QED) is 0.562. The Balaban J connectivity index is 1.73. The summed E-state index contributed by atoms with van der Waals surface area (Å²) in [5, 5.41) is 14.6. The van der Waals surface area contributed by atoms with E-state index in [4.69, 9.17) is 0 Å². The molecule has 8 heteroatoms. The first-order valence-electron chi connectivity index (χ1n) is 9.35. The summed E-state index contributed by atoms with van der Waals surface area (Å²) in [5.41, 5.74) is 1.38. The highest BCUT2D eigenvalue weighted by atomic mass is 32.2. The first kappa shape index (κ1) is 20.3. The van der Waals surface area contributed by atoms with Gasteiger partial charge in [-0.3, -0.25) is 15.0 Å². The molecule has 1 aliphatic rings. The largest absolute Gasteiger partial charge is 0.378 e. The van der Waals surface area contributed by atoms with E-state index in [1.807, 2.05) is 18.2 Å². The van der Waals surface area contributed by atoms with Crippen LogP contribution in [-0.2, 0) is 16.4 Å². The van der Waals surface area contributed by atoms with Crippen LogP contribution >= 0.6 is 0 Å². The van der Waals surface area contributed by atoms with Crippen LogP contribution in [0.15, 0.2) is 53.4 Å². The molecule has 1 fully saturated rings. The van der Waals surface area contributed by atoms with E-state index in [-0.39, 0.29) is 16.6 Å². The minimum atomic E-state index is -3.49. The van der Waals surface area contributed by atoms with Gasteiger partial charge in [-0.1, -0.05) is 36.8 Å². The number of sulfone groups is 1. The monoisotopic (exact) mass is 403 g/mol. The summed E-state index contributed by atoms with van der Waals surface area (Å²) in [5.74, 6) is 0. The fourth-order valence-corrected chi connectivity index (χ4v) is 4.23. The normalized spacial score (nSPS) is 18.0. The smallest absolute Gasteiger partial charge is 0.293 e. The van der Waals surface area contributed by atoms with Crippen molar-refractivity contribution in [3.63, 3.8) is 0 Å². The van der Waals surface area contributed by atoms with Crippen LogP contribution in [0.5, 0.6) is 0 Å². The van der Waals surface area contributed by atoms with E-state index < -0.39 is 14.8 Å². The summed E-state index contributed by atoms with van der Waals surface area (Å²) in [6.45, 7) is 2.42. The number of nitrogens with one attached hydrogen (secondary N) is 1. The van der Waals surface area contributed by atoms with Crippen molar-refractivity contribution >= 4 is 21.2 Å². The van der Waals surface area contributed by atoms with Gasteiger partial charge in [0, 0.05) is 31.5 Å². The predicted molar refractivity (Wildman–Crippen MR) is 109 cm³/mol. The van der Waals surface area contributed by atoms with Crippen molar-refractivity contribution in [3.05, 3.63) is 64.2 Å². The average Bonchev–Trinajstić information content (AvgIpc) is 2.67. The molecule has 0 saturated carbocycles. The van der Waals surface area contributed by atoms with Crippen LogP contribution < -0.4 is 5.32 Å². The number of nitro benzene ring substituents is 1. The Morgan fingerprint density at radius 1 is 1.18 bits per heavy atom. The minimum absolute atomic E-state index is 0.0480. The maximum Gasteiger partial charge on any atom is 0.293 e. The number of likely N-dealkylation sites (tertiary alicyclic amines) is 1. The summed E-state index contributed by atoms with van der Waals surface area (Å²) in [6.07, 6.45) is 4.34. The molecule has 1 saturated heterocycles. The number of hydrogen-bond donors (Lipinski definition) is 1. The number of nitro groups is 1. The van der Waals surface area contributed by atoms with Gasteiger partial charge in [0.25, 0.3) is 5.69 Å². The van der Waals surface area contributed by atoms with Gasteiger partial charge in [-0.25, -0.2) is 8.42 Å². The predicted octanol–water partition coefficient (Wildman–Crippen LogP) is 3.46. The third kappa shape index (κ3) is 5.08. The van der Waals surface area contributed by atoms with Gasteiger partial charge in [-0.2, -0.15) is 0 Å². The topological polar surface area (TPSA) is 92.6 Å². The van der Waals surface area contributed by atoms with Crippen LogP contribution in [0.3, 0.4) is 0 Å². The van der Waals surface area contributed by atoms with Crippen molar-refractivity contribution in [1.29, 1.82) is 0 Å². The Morgan fingerprint density at radius 3 is 2.61 bits per heavy atom. The Hall–Kier alpha value is -2.45. The van der Waals surface area contributed by atoms with Crippen LogP contribution in [0.2, 0.25) is 0 Å². The fraction of sp³-hybridized carbons (Fsp3) is 0.400. The van der Waals surface area contributed by atoms with E-state index in [2.05, 4.69) is 22.3 Å². The summed E-state index contributed by atoms with van der Waals surface area (Å²) >= 11 is 0. The molecule has 0 aromatic heterocycles. The van der Waals surface area contributed by atoms with Crippen LogP contribution in [0.25, 0.3) is 0 Å². The van der Waals surface area contributed by atoms with E-state index in [1.54, 1.807) is 0 Å². The highest BCUT2D eigenvalue weighted by molar-refractivity contribution is 7.90. The summed E-state index contributed by atoms with van der Waals surface area (Å²) in [4.78, 5) is 13.2. The zero-order valence-electron chi connectivity index (χ0n) is 15.9. The molecule has 28 heavy (non-hydrogen) atoms. The fourth-order valence-electron chi connectivity index (χ4n) is 3.59. The van der Waals surface area contributed by atoms with E-state index in [9.17, 15) is 18.5 Å². The lowest BCUT2D eigenvalue weighted by Gasteiger charge is -2.36. The molecule has 150 valence electrons. The first-order chi connectivity index (χ1) is 13.3. The number of anilines is 1. The molecule has 7 nitrogen and oxygen atoms in total. The third-order valence-corrected chi connectivity index (χ3v) is 6.21. The molecule has 0 radical (unpaired) electrons. The zero-order valence-corrected chi connectivity index (χ0v) is 16.7. The van der Waals surface area contributed by atoms with Gasteiger partial charge in [-0.15, -0.1) is 0 Å². The molecule has 1 aliphatic heterocycles. The van der Waals surface area contributed by atoms with Crippen LogP contribution in [0, 0.1) is 10.1 Å². The molecule has 1 atom stereocenters. The number of rotatable bonds is 7. The Morgan fingerprint density at radius 2 is 1.93 bits per heavy atom. The average molecular weight is 404 g/mol. The molecule has 1 heterocycles. The van der Waals surface area contributed by atoms with Crippen molar-refractivity contribution < 1.29 is 13.3 Å². The summed E-state index contributed by atoms with van der Waals surface area (Å²) in [7, 11) is -3.49. The van der Waals surface area contributed by atoms with E-state index >= 15 is 0 Å². The van der Waals surface area contributed by atoms with E-state index in [0.717, 1.165) is 44.7 Å². The number of nitrogens with zero attached hydrogens (tertiary/aromatic N) is 2. The Labute approximate surface area is 165 Å². The van der Waals surface area contributed by atoms with Crippen molar-refractivity contribution in [2.75, 3.05) is 24.7 Å². The summed E-state index contributed by atoms with van der Waals surface area (Å²) in [6, 6.07) is 14.5. The van der Waals surface area contributed by atoms with Crippen molar-refractivity contribution in [1.82, 2.24) is 4.90 Å². The van der Waals surface area contributed by atoms with Crippen molar-refractivity contribution in [3.8, 4) is 0 Å². The standard InChI is InChI=1S/C20H25N3O4S/c1-28(26,27)18-10-11-19(20(13-18)23(24)25)21-14-17-9-5-6-12-22(17)15-16-7-3-2-4-8-16/h2-4,7-8,10-11,13,17,21H,5-6,9,12,14-15H2,1H3. The van der Waals surface area contributed by atoms with Gasteiger partial charge in [0.2, 0.25) is 0 Å². The lowest BCUT2D eigenvalue weighted by atomic mass is 10.0.